The highest BCUT2D eigenvalue weighted by molar-refractivity contribution is 4.78. The molecule has 1 unspecified atom stereocenters. The zero-order chi connectivity index (χ0) is 9.10. The maximum atomic E-state index is 5.41. The van der Waals surface area contributed by atoms with Gasteiger partial charge in [0.15, 0.2) is 0 Å². The number of nitrogens with zero attached hydrogens (tertiary/aromatic N) is 1. The molecule has 0 aromatic heterocycles. The van der Waals surface area contributed by atoms with Crippen LogP contribution >= 0.6 is 0 Å². The number of likely N-dealkylation sites (tertiary alicyclic amines) is 1. The molecule has 0 aromatic rings. The molecule has 1 heterocycles. The Morgan fingerprint density at radius 2 is 2.08 bits per heavy atom. The van der Waals surface area contributed by atoms with E-state index in [1.54, 1.807) is 0 Å². The van der Waals surface area contributed by atoms with E-state index in [9.17, 15) is 0 Å². The zero-order valence-corrected chi connectivity index (χ0v) is 8.67. The highest BCUT2D eigenvalue weighted by Gasteiger charge is 2.24. The number of rotatable bonds is 3. The molecule has 1 atom stereocenters. The number of ether oxygens (including phenoxy) is 1. The summed E-state index contributed by atoms with van der Waals surface area (Å²) in [5.41, 5.74) is 0. The number of piperidine rings is 1. The summed E-state index contributed by atoms with van der Waals surface area (Å²) in [4.78, 5) is 2.60. The van der Waals surface area contributed by atoms with Crippen molar-refractivity contribution in [3.63, 3.8) is 0 Å². The summed E-state index contributed by atoms with van der Waals surface area (Å²) in [6, 6.07) is 0. The summed E-state index contributed by atoms with van der Waals surface area (Å²) in [6.45, 7) is 3.81. The Labute approximate surface area is 81.3 Å². The Bertz CT molecular complexity index is 154. The van der Waals surface area contributed by atoms with Crippen LogP contribution in [0, 0.1) is 5.92 Å². The molecule has 2 fully saturated rings. The van der Waals surface area contributed by atoms with E-state index in [0.29, 0.717) is 6.10 Å². The summed E-state index contributed by atoms with van der Waals surface area (Å²) < 4.78 is 5.41. The summed E-state index contributed by atoms with van der Waals surface area (Å²) in [5, 5.41) is 0. The van der Waals surface area contributed by atoms with Crippen molar-refractivity contribution in [3.8, 4) is 0 Å². The molecule has 0 N–H and O–H groups in total. The SMILES string of the molecule is COC1CCCN(CC2CCC2)C1. The number of hydrogen-bond donors (Lipinski definition) is 0. The first kappa shape index (κ1) is 9.47. The lowest BCUT2D eigenvalue weighted by Crippen LogP contribution is -2.42. The van der Waals surface area contributed by atoms with Gasteiger partial charge >= 0.3 is 0 Å². The first-order chi connectivity index (χ1) is 6.38. The molecule has 0 bridgehead atoms. The van der Waals surface area contributed by atoms with Gasteiger partial charge in [-0.15, -0.1) is 0 Å². The first-order valence-electron chi connectivity index (χ1n) is 5.63. The molecule has 2 aliphatic rings. The highest BCUT2D eigenvalue weighted by atomic mass is 16.5. The van der Waals surface area contributed by atoms with Crippen LogP contribution in [0.4, 0.5) is 0 Å². The summed E-state index contributed by atoms with van der Waals surface area (Å²) in [7, 11) is 1.84. The largest absolute Gasteiger partial charge is 0.380 e. The van der Waals surface area contributed by atoms with Gasteiger partial charge in [0.05, 0.1) is 6.10 Å². The van der Waals surface area contributed by atoms with Crippen molar-refractivity contribution in [2.24, 2.45) is 5.92 Å². The smallest absolute Gasteiger partial charge is 0.0698 e. The maximum absolute atomic E-state index is 5.41. The Balaban J connectivity index is 1.71. The quantitative estimate of drug-likeness (QED) is 0.662. The van der Waals surface area contributed by atoms with Crippen LogP contribution in [-0.4, -0.2) is 37.7 Å². The molecule has 1 aliphatic carbocycles. The summed E-state index contributed by atoms with van der Waals surface area (Å²) in [6.07, 6.45) is 7.49. The standard InChI is InChI=1S/C11H21NO/c1-13-11-6-3-7-12(9-11)8-10-4-2-5-10/h10-11H,2-9H2,1H3. The molecule has 2 rings (SSSR count). The fourth-order valence-corrected chi connectivity index (χ4v) is 2.41. The number of hydrogen-bond acceptors (Lipinski definition) is 2. The zero-order valence-electron chi connectivity index (χ0n) is 8.67. The van der Waals surface area contributed by atoms with E-state index in [1.807, 2.05) is 7.11 Å². The van der Waals surface area contributed by atoms with Crippen LogP contribution in [0.5, 0.6) is 0 Å². The van der Waals surface area contributed by atoms with Gasteiger partial charge in [-0.2, -0.15) is 0 Å². The minimum atomic E-state index is 0.508. The average molecular weight is 183 g/mol. The van der Waals surface area contributed by atoms with Crippen LogP contribution in [0.2, 0.25) is 0 Å². The maximum Gasteiger partial charge on any atom is 0.0698 e. The lowest BCUT2D eigenvalue weighted by Gasteiger charge is -2.37. The topological polar surface area (TPSA) is 12.5 Å². The molecule has 2 heteroatoms. The van der Waals surface area contributed by atoms with E-state index in [0.717, 1.165) is 5.92 Å². The Morgan fingerprint density at radius 3 is 2.69 bits per heavy atom. The van der Waals surface area contributed by atoms with Crippen LogP contribution < -0.4 is 0 Å². The summed E-state index contributed by atoms with van der Waals surface area (Å²) >= 11 is 0. The average Bonchev–Trinajstić information content (AvgIpc) is 2.12. The van der Waals surface area contributed by atoms with E-state index < -0.39 is 0 Å². The lowest BCUT2D eigenvalue weighted by molar-refractivity contribution is 0.0207. The molecule has 0 spiro atoms. The van der Waals surface area contributed by atoms with Gasteiger partial charge in [-0.3, -0.25) is 0 Å². The van der Waals surface area contributed by atoms with E-state index in [-0.39, 0.29) is 0 Å². The minimum Gasteiger partial charge on any atom is -0.380 e. The van der Waals surface area contributed by atoms with Crippen LogP contribution in [0.15, 0.2) is 0 Å². The Morgan fingerprint density at radius 1 is 1.23 bits per heavy atom. The molecule has 76 valence electrons. The van der Waals surface area contributed by atoms with Gasteiger partial charge < -0.3 is 9.64 Å². The molecular weight excluding hydrogens is 162 g/mol. The molecule has 0 amide bonds. The van der Waals surface area contributed by atoms with Gasteiger partial charge in [0.2, 0.25) is 0 Å². The van der Waals surface area contributed by atoms with Gasteiger partial charge in [0.25, 0.3) is 0 Å². The molecule has 1 saturated carbocycles. The molecule has 0 aromatic carbocycles. The molecule has 1 saturated heterocycles. The fraction of sp³-hybridized carbons (Fsp3) is 1.00. The first-order valence-corrected chi connectivity index (χ1v) is 5.63. The molecular formula is C11H21NO. The summed E-state index contributed by atoms with van der Waals surface area (Å²) in [5.74, 6) is 1.01. The van der Waals surface area contributed by atoms with E-state index in [2.05, 4.69) is 4.90 Å². The van der Waals surface area contributed by atoms with Gasteiger partial charge in [-0.05, 0) is 38.1 Å². The van der Waals surface area contributed by atoms with E-state index >= 15 is 0 Å². The van der Waals surface area contributed by atoms with Crippen LogP contribution in [0.3, 0.4) is 0 Å². The van der Waals surface area contributed by atoms with Gasteiger partial charge in [-0.25, -0.2) is 0 Å². The van der Waals surface area contributed by atoms with Crippen molar-refractivity contribution >= 4 is 0 Å². The van der Waals surface area contributed by atoms with Crippen molar-refractivity contribution < 1.29 is 4.74 Å². The van der Waals surface area contributed by atoms with Crippen LogP contribution in [0.25, 0.3) is 0 Å². The van der Waals surface area contributed by atoms with E-state index in [1.165, 1.54) is 51.7 Å². The molecule has 1 aliphatic heterocycles. The van der Waals surface area contributed by atoms with Crippen LogP contribution in [0.1, 0.15) is 32.1 Å². The Kier molecular flexibility index (Phi) is 3.23. The van der Waals surface area contributed by atoms with Gasteiger partial charge in [0, 0.05) is 20.2 Å². The minimum absolute atomic E-state index is 0.508. The monoisotopic (exact) mass is 183 g/mol. The second-order valence-electron chi connectivity index (χ2n) is 4.56. The second kappa shape index (κ2) is 4.43. The van der Waals surface area contributed by atoms with Crippen molar-refractivity contribution in [3.05, 3.63) is 0 Å². The molecule has 13 heavy (non-hydrogen) atoms. The van der Waals surface area contributed by atoms with Crippen LogP contribution in [-0.2, 0) is 4.74 Å². The fourth-order valence-electron chi connectivity index (χ4n) is 2.41. The van der Waals surface area contributed by atoms with Crippen molar-refractivity contribution in [1.29, 1.82) is 0 Å². The third-order valence-corrected chi connectivity index (χ3v) is 3.54. The third-order valence-electron chi connectivity index (χ3n) is 3.54. The lowest BCUT2D eigenvalue weighted by atomic mass is 9.85. The van der Waals surface area contributed by atoms with Gasteiger partial charge in [0.1, 0.15) is 0 Å². The second-order valence-corrected chi connectivity index (χ2v) is 4.56. The molecule has 2 nitrogen and oxygen atoms in total. The predicted molar refractivity (Wildman–Crippen MR) is 53.8 cm³/mol. The number of methoxy groups -OCH3 is 1. The predicted octanol–water partition coefficient (Wildman–Crippen LogP) is 1.90. The normalized spacial score (nSPS) is 31.6. The van der Waals surface area contributed by atoms with Crippen molar-refractivity contribution in [1.82, 2.24) is 4.90 Å². The van der Waals surface area contributed by atoms with Crippen molar-refractivity contribution in [2.75, 3.05) is 26.7 Å². The van der Waals surface area contributed by atoms with Crippen molar-refractivity contribution in [2.45, 2.75) is 38.2 Å². The van der Waals surface area contributed by atoms with E-state index in [4.69, 9.17) is 4.74 Å². The van der Waals surface area contributed by atoms with Gasteiger partial charge in [-0.1, -0.05) is 6.42 Å². The highest BCUT2D eigenvalue weighted by Crippen LogP contribution is 2.28. The Hall–Kier alpha value is -0.0800. The molecule has 0 radical (unpaired) electrons. The third kappa shape index (κ3) is 2.44.